The summed E-state index contributed by atoms with van der Waals surface area (Å²) in [5, 5.41) is 3.35. The number of aromatic nitrogens is 1. The van der Waals surface area contributed by atoms with Gasteiger partial charge in [-0.25, -0.2) is 0 Å². The van der Waals surface area contributed by atoms with Crippen molar-refractivity contribution in [1.82, 2.24) is 10.3 Å². The van der Waals surface area contributed by atoms with Crippen LogP contribution in [0, 0.1) is 6.92 Å². The molecule has 84 valence electrons. The van der Waals surface area contributed by atoms with Crippen LogP contribution in [-0.4, -0.2) is 11.5 Å². The summed E-state index contributed by atoms with van der Waals surface area (Å²) >= 11 is 0. The van der Waals surface area contributed by atoms with Crippen LogP contribution in [0.1, 0.15) is 18.1 Å². The van der Waals surface area contributed by atoms with Crippen molar-refractivity contribution < 1.29 is 0 Å². The van der Waals surface area contributed by atoms with E-state index in [1.807, 2.05) is 12.3 Å². The van der Waals surface area contributed by atoms with Gasteiger partial charge >= 0.3 is 0 Å². The molecule has 1 aromatic heterocycles. The monoisotopic (exact) mass is 214 g/mol. The Hall–Kier alpha value is -1.54. The van der Waals surface area contributed by atoms with E-state index in [1.54, 1.807) is 0 Å². The highest BCUT2D eigenvalue weighted by atomic mass is 14.8. The zero-order valence-electron chi connectivity index (χ0n) is 9.88. The van der Waals surface area contributed by atoms with E-state index in [1.165, 1.54) is 22.4 Å². The van der Waals surface area contributed by atoms with E-state index >= 15 is 0 Å². The Kier molecular flexibility index (Phi) is 3.42. The van der Waals surface area contributed by atoms with Crippen molar-refractivity contribution in [2.45, 2.75) is 20.4 Å². The molecule has 2 N–H and O–H groups in total. The molecule has 1 aromatic carbocycles. The minimum atomic E-state index is 0.935. The van der Waals surface area contributed by atoms with Gasteiger partial charge < -0.3 is 10.3 Å². The summed E-state index contributed by atoms with van der Waals surface area (Å²) < 4.78 is 0. The minimum Gasteiger partial charge on any atom is -0.361 e. The molecule has 2 rings (SSSR count). The second kappa shape index (κ2) is 4.99. The molecule has 2 nitrogen and oxygen atoms in total. The number of hydrogen-bond donors (Lipinski definition) is 2. The summed E-state index contributed by atoms with van der Waals surface area (Å²) in [6, 6.07) is 10.8. The van der Waals surface area contributed by atoms with Crippen LogP contribution in [0.3, 0.4) is 0 Å². The average Bonchev–Trinajstić information content (AvgIpc) is 2.81. The van der Waals surface area contributed by atoms with Gasteiger partial charge in [0, 0.05) is 24.0 Å². The van der Waals surface area contributed by atoms with Gasteiger partial charge in [0.2, 0.25) is 0 Å². The largest absolute Gasteiger partial charge is 0.361 e. The molecule has 0 aliphatic heterocycles. The van der Waals surface area contributed by atoms with Crippen LogP contribution in [0.2, 0.25) is 0 Å². The topological polar surface area (TPSA) is 27.8 Å². The third kappa shape index (κ3) is 2.34. The zero-order valence-corrected chi connectivity index (χ0v) is 9.88. The molecule has 0 unspecified atom stereocenters. The van der Waals surface area contributed by atoms with Crippen LogP contribution in [0.25, 0.3) is 11.3 Å². The highest BCUT2D eigenvalue weighted by molar-refractivity contribution is 5.64. The lowest BCUT2D eigenvalue weighted by Gasteiger charge is -2.08. The Morgan fingerprint density at radius 1 is 1.25 bits per heavy atom. The summed E-state index contributed by atoms with van der Waals surface area (Å²) in [7, 11) is 0. The molecule has 0 spiro atoms. The maximum atomic E-state index is 3.35. The van der Waals surface area contributed by atoms with Crippen LogP contribution >= 0.6 is 0 Å². The lowest BCUT2D eigenvalue weighted by Crippen LogP contribution is -2.11. The van der Waals surface area contributed by atoms with E-state index < -0.39 is 0 Å². The van der Waals surface area contributed by atoms with E-state index in [9.17, 15) is 0 Å². The molecular weight excluding hydrogens is 196 g/mol. The Labute approximate surface area is 96.7 Å². The number of H-pyrrole nitrogens is 1. The third-order valence-electron chi connectivity index (χ3n) is 2.77. The van der Waals surface area contributed by atoms with Crippen LogP contribution in [-0.2, 0) is 6.54 Å². The van der Waals surface area contributed by atoms with Gasteiger partial charge in [-0.05, 0) is 42.8 Å². The molecule has 0 aliphatic rings. The van der Waals surface area contributed by atoms with Crippen molar-refractivity contribution in [2.75, 3.05) is 6.54 Å². The molecule has 0 atom stereocenters. The van der Waals surface area contributed by atoms with E-state index in [4.69, 9.17) is 0 Å². The second-order valence-electron chi connectivity index (χ2n) is 4.01. The molecule has 0 bridgehead atoms. The molecule has 0 aliphatic carbocycles. The summed E-state index contributed by atoms with van der Waals surface area (Å²) in [5.74, 6) is 0. The van der Waals surface area contributed by atoms with Gasteiger partial charge in [-0.15, -0.1) is 0 Å². The van der Waals surface area contributed by atoms with E-state index in [0.717, 1.165) is 13.1 Å². The smallest absolute Gasteiger partial charge is 0.0456 e. The van der Waals surface area contributed by atoms with Gasteiger partial charge in [0.15, 0.2) is 0 Å². The SMILES string of the molecule is CCNCc1ccc(C)c(-c2ccc[nH]2)c1. The molecule has 1 heterocycles. The average molecular weight is 214 g/mol. The number of hydrogen-bond acceptors (Lipinski definition) is 1. The Morgan fingerprint density at radius 3 is 2.81 bits per heavy atom. The summed E-state index contributed by atoms with van der Waals surface area (Å²) in [4.78, 5) is 3.26. The van der Waals surface area contributed by atoms with Crippen LogP contribution in [0.15, 0.2) is 36.5 Å². The number of aryl methyl sites for hydroxylation is 1. The second-order valence-corrected chi connectivity index (χ2v) is 4.01. The van der Waals surface area contributed by atoms with Crippen molar-refractivity contribution in [3.63, 3.8) is 0 Å². The molecule has 0 saturated heterocycles. The Morgan fingerprint density at radius 2 is 2.12 bits per heavy atom. The van der Waals surface area contributed by atoms with Crippen molar-refractivity contribution in [3.05, 3.63) is 47.7 Å². The van der Waals surface area contributed by atoms with Gasteiger partial charge in [-0.1, -0.05) is 19.1 Å². The summed E-state index contributed by atoms with van der Waals surface area (Å²) in [6.45, 7) is 6.21. The van der Waals surface area contributed by atoms with Crippen LogP contribution < -0.4 is 5.32 Å². The molecule has 0 fully saturated rings. The van der Waals surface area contributed by atoms with Gasteiger partial charge in [-0.3, -0.25) is 0 Å². The van der Waals surface area contributed by atoms with Crippen molar-refractivity contribution in [1.29, 1.82) is 0 Å². The first kappa shape index (κ1) is 11.0. The predicted octanol–water partition coefficient (Wildman–Crippen LogP) is 3.10. The molecule has 0 radical (unpaired) electrons. The highest BCUT2D eigenvalue weighted by Crippen LogP contribution is 2.22. The Balaban J connectivity index is 2.30. The van der Waals surface area contributed by atoms with Crippen molar-refractivity contribution in [3.8, 4) is 11.3 Å². The first-order valence-corrected chi connectivity index (χ1v) is 5.75. The lowest BCUT2D eigenvalue weighted by atomic mass is 10.0. The first-order chi connectivity index (χ1) is 7.81. The molecule has 2 aromatic rings. The van der Waals surface area contributed by atoms with Crippen molar-refractivity contribution >= 4 is 0 Å². The molecule has 0 saturated carbocycles. The number of aromatic amines is 1. The quantitative estimate of drug-likeness (QED) is 0.804. The highest BCUT2D eigenvalue weighted by Gasteiger charge is 2.03. The summed E-state index contributed by atoms with van der Waals surface area (Å²) in [5.41, 5.74) is 5.12. The van der Waals surface area contributed by atoms with Gasteiger partial charge in [0.25, 0.3) is 0 Å². The summed E-state index contributed by atoms with van der Waals surface area (Å²) in [6.07, 6.45) is 1.96. The maximum Gasteiger partial charge on any atom is 0.0456 e. The first-order valence-electron chi connectivity index (χ1n) is 5.75. The number of benzene rings is 1. The van der Waals surface area contributed by atoms with E-state index in [-0.39, 0.29) is 0 Å². The molecule has 16 heavy (non-hydrogen) atoms. The molecule has 2 heteroatoms. The fraction of sp³-hybridized carbons (Fsp3) is 0.286. The fourth-order valence-electron chi connectivity index (χ4n) is 1.84. The zero-order chi connectivity index (χ0) is 11.4. The van der Waals surface area contributed by atoms with Crippen LogP contribution in [0.4, 0.5) is 0 Å². The number of rotatable bonds is 4. The van der Waals surface area contributed by atoms with Crippen LogP contribution in [0.5, 0.6) is 0 Å². The van der Waals surface area contributed by atoms with Gasteiger partial charge in [0.1, 0.15) is 0 Å². The van der Waals surface area contributed by atoms with Gasteiger partial charge in [-0.2, -0.15) is 0 Å². The normalized spacial score (nSPS) is 10.6. The molecular formula is C14H18N2. The van der Waals surface area contributed by atoms with Crippen molar-refractivity contribution in [2.24, 2.45) is 0 Å². The number of nitrogens with one attached hydrogen (secondary N) is 2. The minimum absolute atomic E-state index is 0.935. The fourth-order valence-corrected chi connectivity index (χ4v) is 1.84. The Bertz CT molecular complexity index is 444. The third-order valence-corrected chi connectivity index (χ3v) is 2.77. The van der Waals surface area contributed by atoms with E-state index in [0.29, 0.717) is 0 Å². The maximum absolute atomic E-state index is 3.35. The predicted molar refractivity (Wildman–Crippen MR) is 68.3 cm³/mol. The lowest BCUT2D eigenvalue weighted by molar-refractivity contribution is 0.727. The van der Waals surface area contributed by atoms with E-state index in [2.05, 4.69) is 48.4 Å². The standard InChI is InChI=1S/C14H18N2/c1-3-15-10-12-7-6-11(2)13(9-12)14-5-4-8-16-14/h4-9,15-16H,3,10H2,1-2H3. The molecule has 0 amide bonds. The van der Waals surface area contributed by atoms with Gasteiger partial charge in [0.05, 0.1) is 0 Å².